The molecule has 0 bridgehead atoms. The molecule has 0 spiro atoms. The third-order valence-corrected chi connectivity index (χ3v) is 2.76. The van der Waals surface area contributed by atoms with E-state index in [0.717, 1.165) is 5.75 Å². The van der Waals surface area contributed by atoms with E-state index in [0.29, 0.717) is 12.6 Å². The van der Waals surface area contributed by atoms with Gasteiger partial charge in [0.2, 0.25) is 17.8 Å². The van der Waals surface area contributed by atoms with Crippen molar-refractivity contribution in [1.29, 1.82) is 0 Å². The topological polar surface area (TPSA) is 89.0 Å². The van der Waals surface area contributed by atoms with Crippen LogP contribution in [-0.4, -0.2) is 33.5 Å². The van der Waals surface area contributed by atoms with Crippen molar-refractivity contribution in [2.24, 2.45) is 0 Å². The first kappa shape index (κ1) is 15.7. The molecule has 0 saturated carbocycles. The molecule has 0 aliphatic heterocycles. The minimum absolute atomic E-state index is 0.00567. The molecule has 0 aliphatic rings. The van der Waals surface area contributed by atoms with Crippen LogP contribution >= 0.6 is 0 Å². The molecule has 7 heteroatoms. The van der Waals surface area contributed by atoms with Crippen LogP contribution in [0.1, 0.15) is 19.4 Å². The summed E-state index contributed by atoms with van der Waals surface area (Å²) < 4.78 is 5.69. The average molecular weight is 301 g/mol. The number of aryl methyl sites for hydroxylation is 1. The second-order valence-corrected chi connectivity index (χ2v) is 4.98. The Hall–Kier alpha value is -2.70. The predicted octanol–water partition coefficient (Wildman–Crippen LogP) is 2.02. The van der Waals surface area contributed by atoms with Crippen LogP contribution in [0, 0.1) is 6.92 Å². The third-order valence-electron chi connectivity index (χ3n) is 2.76. The van der Waals surface area contributed by atoms with Crippen LogP contribution in [-0.2, 0) is 4.79 Å². The van der Waals surface area contributed by atoms with Crippen LogP contribution in [0.2, 0.25) is 0 Å². The van der Waals surface area contributed by atoms with Crippen molar-refractivity contribution < 1.29 is 9.53 Å². The summed E-state index contributed by atoms with van der Waals surface area (Å²) in [4.78, 5) is 23.0. The molecule has 1 aromatic carbocycles. The van der Waals surface area contributed by atoms with Gasteiger partial charge in [0.1, 0.15) is 18.7 Å². The summed E-state index contributed by atoms with van der Waals surface area (Å²) in [6.07, 6.45) is 1.34. The maximum absolute atomic E-state index is 11.0. The van der Waals surface area contributed by atoms with E-state index in [1.807, 2.05) is 38.1 Å². The number of amides is 1. The van der Waals surface area contributed by atoms with Gasteiger partial charge in [-0.3, -0.25) is 10.1 Å². The average Bonchev–Trinajstić information content (AvgIpc) is 2.46. The summed E-state index contributed by atoms with van der Waals surface area (Å²) in [5.74, 6) is 1.19. The summed E-state index contributed by atoms with van der Waals surface area (Å²) in [6, 6.07) is 7.85. The molecule has 1 unspecified atom stereocenters. The largest absolute Gasteiger partial charge is 0.491 e. The number of carbonyl (C=O) groups is 1. The number of hydrogen-bond donors (Lipinski definition) is 2. The number of hydrogen-bond acceptors (Lipinski definition) is 6. The molecule has 1 aromatic heterocycles. The Morgan fingerprint density at radius 3 is 2.59 bits per heavy atom. The summed E-state index contributed by atoms with van der Waals surface area (Å²) in [5, 5.41) is 5.61. The maximum Gasteiger partial charge on any atom is 0.234 e. The van der Waals surface area contributed by atoms with E-state index in [4.69, 9.17) is 4.74 Å². The predicted molar refractivity (Wildman–Crippen MR) is 83.9 cm³/mol. The smallest absolute Gasteiger partial charge is 0.234 e. The summed E-state index contributed by atoms with van der Waals surface area (Å²) >= 11 is 0. The van der Waals surface area contributed by atoms with Crippen LogP contribution in [0.15, 0.2) is 30.6 Å². The lowest BCUT2D eigenvalue weighted by Crippen LogP contribution is -2.25. The Kier molecular flexibility index (Phi) is 5.24. The zero-order valence-electron chi connectivity index (χ0n) is 12.8. The third kappa shape index (κ3) is 5.01. The quantitative estimate of drug-likeness (QED) is 0.848. The molecule has 0 aliphatic carbocycles. The van der Waals surface area contributed by atoms with Crippen LogP contribution < -0.4 is 15.4 Å². The lowest BCUT2D eigenvalue weighted by Gasteiger charge is -2.15. The van der Waals surface area contributed by atoms with E-state index in [2.05, 4.69) is 25.6 Å². The van der Waals surface area contributed by atoms with Gasteiger partial charge in [-0.1, -0.05) is 17.7 Å². The minimum Gasteiger partial charge on any atom is -0.491 e. The molecule has 1 atom stereocenters. The van der Waals surface area contributed by atoms with Crippen LogP contribution in [0.25, 0.3) is 0 Å². The Morgan fingerprint density at radius 1 is 1.23 bits per heavy atom. The molecule has 2 rings (SSSR count). The number of anilines is 2. The van der Waals surface area contributed by atoms with E-state index < -0.39 is 0 Å². The highest BCUT2D eigenvalue weighted by molar-refractivity contribution is 5.86. The number of rotatable bonds is 6. The summed E-state index contributed by atoms with van der Waals surface area (Å²) in [6.45, 7) is 5.84. The molecule has 0 radical (unpaired) electrons. The Morgan fingerprint density at radius 2 is 1.91 bits per heavy atom. The van der Waals surface area contributed by atoms with Gasteiger partial charge in [0.25, 0.3) is 0 Å². The fourth-order valence-electron chi connectivity index (χ4n) is 1.70. The number of ether oxygens (including phenoxy) is 1. The first-order valence-electron chi connectivity index (χ1n) is 6.95. The highest BCUT2D eigenvalue weighted by Crippen LogP contribution is 2.12. The highest BCUT2D eigenvalue weighted by atomic mass is 16.5. The first-order valence-corrected chi connectivity index (χ1v) is 6.95. The van der Waals surface area contributed by atoms with Crippen molar-refractivity contribution in [1.82, 2.24) is 15.0 Å². The number of nitrogens with zero attached hydrogens (tertiary/aromatic N) is 3. The second-order valence-electron chi connectivity index (χ2n) is 4.98. The molecule has 2 aromatic rings. The summed E-state index contributed by atoms with van der Waals surface area (Å²) in [5.41, 5.74) is 1.19. The lowest BCUT2D eigenvalue weighted by molar-refractivity contribution is -0.114. The fraction of sp³-hybridized carbons (Fsp3) is 0.333. The van der Waals surface area contributed by atoms with Gasteiger partial charge in [0.15, 0.2) is 0 Å². The van der Waals surface area contributed by atoms with Crippen LogP contribution in [0.5, 0.6) is 5.75 Å². The zero-order chi connectivity index (χ0) is 15.9. The van der Waals surface area contributed by atoms with E-state index in [1.165, 1.54) is 18.8 Å². The standard InChI is InChI=1S/C15H19N5O2/c1-10-4-6-13(7-5-10)22-8-11(2)18-14-16-9-17-15(20-14)19-12(3)21/h4-7,9,11H,8H2,1-3H3,(H2,16,17,18,19,20,21). The van der Waals surface area contributed by atoms with Gasteiger partial charge in [-0.15, -0.1) is 0 Å². The van der Waals surface area contributed by atoms with Crippen molar-refractivity contribution in [3.05, 3.63) is 36.2 Å². The normalized spacial score (nSPS) is 11.6. The van der Waals surface area contributed by atoms with E-state index in [9.17, 15) is 4.79 Å². The molecule has 1 heterocycles. The van der Waals surface area contributed by atoms with Crippen LogP contribution in [0.3, 0.4) is 0 Å². The van der Waals surface area contributed by atoms with E-state index >= 15 is 0 Å². The number of aromatic nitrogens is 3. The van der Waals surface area contributed by atoms with Gasteiger partial charge in [-0.05, 0) is 26.0 Å². The Labute approximate surface area is 129 Å². The summed E-state index contributed by atoms with van der Waals surface area (Å²) in [7, 11) is 0. The van der Waals surface area contributed by atoms with Gasteiger partial charge in [0, 0.05) is 6.92 Å². The molecule has 2 N–H and O–H groups in total. The van der Waals surface area contributed by atoms with Gasteiger partial charge in [-0.25, -0.2) is 9.97 Å². The van der Waals surface area contributed by atoms with Gasteiger partial charge < -0.3 is 10.1 Å². The Balaban J connectivity index is 1.87. The monoisotopic (exact) mass is 301 g/mol. The van der Waals surface area contributed by atoms with Crippen molar-refractivity contribution in [2.75, 3.05) is 17.2 Å². The van der Waals surface area contributed by atoms with Crippen molar-refractivity contribution in [2.45, 2.75) is 26.8 Å². The Bertz CT molecular complexity index is 630. The lowest BCUT2D eigenvalue weighted by atomic mass is 10.2. The van der Waals surface area contributed by atoms with Crippen molar-refractivity contribution in [3.8, 4) is 5.75 Å². The van der Waals surface area contributed by atoms with Crippen LogP contribution in [0.4, 0.5) is 11.9 Å². The second kappa shape index (κ2) is 7.35. The highest BCUT2D eigenvalue weighted by Gasteiger charge is 2.07. The molecule has 22 heavy (non-hydrogen) atoms. The van der Waals surface area contributed by atoms with Gasteiger partial charge in [0.05, 0.1) is 6.04 Å². The van der Waals surface area contributed by atoms with Gasteiger partial charge in [-0.2, -0.15) is 4.98 Å². The van der Waals surface area contributed by atoms with E-state index in [1.54, 1.807) is 0 Å². The maximum atomic E-state index is 11.0. The van der Waals surface area contributed by atoms with E-state index in [-0.39, 0.29) is 17.9 Å². The first-order chi connectivity index (χ1) is 10.5. The molecule has 116 valence electrons. The number of benzene rings is 1. The fourth-order valence-corrected chi connectivity index (χ4v) is 1.70. The SMILES string of the molecule is CC(=O)Nc1ncnc(NC(C)COc2ccc(C)cc2)n1. The molecular weight excluding hydrogens is 282 g/mol. The van der Waals surface area contributed by atoms with Crippen molar-refractivity contribution >= 4 is 17.8 Å². The zero-order valence-corrected chi connectivity index (χ0v) is 12.8. The number of nitrogens with one attached hydrogen (secondary N) is 2. The van der Waals surface area contributed by atoms with Gasteiger partial charge >= 0.3 is 0 Å². The minimum atomic E-state index is -0.229. The number of carbonyl (C=O) groups excluding carboxylic acids is 1. The molecular formula is C15H19N5O2. The molecule has 7 nitrogen and oxygen atoms in total. The molecule has 0 saturated heterocycles. The molecule has 0 fully saturated rings. The van der Waals surface area contributed by atoms with Crippen molar-refractivity contribution in [3.63, 3.8) is 0 Å². The molecule has 1 amide bonds.